The predicted octanol–water partition coefficient (Wildman–Crippen LogP) is 3.62. The molecule has 0 fully saturated rings. The van der Waals surface area contributed by atoms with E-state index in [4.69, 9.17) is 0 Å². The van der Waals surface area contributed by atoms with Gasteiger partial charge in [-0.1, -0.05) is 49.1 Å². The molecule has 1 N–H and O–H groups in total. The van der Waals surface area contributed by atoms with Crippen molar-refractivity contribution in [2.24, 2.45) is 0 Å². The van der Waals surface area contributed by atoms with Gasteiger partial charge >= 0.3 is 0 Å². The zero-order chi connectivity index (χ0) is 16.4. The van der Waals surface area contributed by atoms with E-state index in [0.29, 0.717) is 12.3 Å². The Labute approximate surface area is 134 Å². The number of hydrogen-bond donors (Lipinski definition) is 1. The average Bonchev–Trinajstić information content (AvgIpc) is 2.52. The zero-order valence-electron chi connectivity index (χ0n) is 14.0. The number of nitrogens with zero attached hydrogens (tertiary/aromatic N) is 2. The van der Waals surface area contributed by atoms with Gasteiger partial charge in [0.25, 0.3) is 0 Å². The summed E-state index contributed by atoms with van der Waals surface area (Å²) in [4.78, 5) is 4.51. The molecule has 0 aliphatic heterocycles. The largest absolute Gasteiger partial charge is 0.508 e. The average molecular weight is 300 g/mol. The molecule has 0 aliphatic rings. The van der Waals surface area contributed by atoms with Gasteiger partial charge in [0.05, 0.1) is 0 Å². The third kappa shape index (κ3) is 6.74. The predicted molar refractivity (Wildman–Crippen MR) is 94.9 cm³/mol. The minimum atomic E-state index is 0.324. The summed E-state index contributed by atoms with van der Waals surface area (Å²) in [6, 6.07) is 10.5. The van der Waals surface area contributed by atoms with Gasteiger partial charge in [0, 0.05) is 31.8 Å². The molecule has 0 unspecified atom stereocenters. The van der Waals surface area contributed by atoms with E-state index in [0.717, 1.165) is 25.2 Å². The lowest BCUT2D eigenvalue weighted by atomic mass is 10.2. The molecule has 0 bridgehead atoms. The smallest absolute Gasteiger partial charge is 0.115 e. The van der Waals surface area contributed by atoms with Crippen molar-refractivity contribution in [3.8, 4) is 0 Å². The minimum absolute atomic E-state index is 0.324. The van der Waals surface area contributed by atoms with Gasteiger partial charge in [-0.05, 0) is 32.7 Å². The van der Waals surface area contributed by atoms with E-state index in [9.17, 15) is 5.11 Å². The molecule has 3 nitrogen and oxygen atoms in total. The van der Waals surface area contributed by atoms with E-state index in [2.05, 4.69) is 54.7 Å². The molecule has 0 radical (unpaired) electrons. The number of likely N-dealkylation sites (N-methyl/N-ethyl adjacent to an activating group) is 2. The Morgan fingerprint density at radius 3 is 2.36 bits per heavy atom. The summed E-state index contributed by atoms with van der Waals surface area (Å²) < 4.78 is 0. The summed E-state index contributed by atoms with van der Waals surface area (Å²) in [6.07, 6.45) is 5.29. The first-order valence-electron chi connectivity index (χ1n) is 7.65. The normalized spacial score (nSPS) is 13.0. The van der Waals surface area contributed by atoms with Crippen molar-refractivity contribution in [1.29, 1.82) is 0 Å². The molecule has 1 aromatic rings. The molecule has 3 heteroatoms. The van der Waals surface area contributed by atoms with Crippen LogP contribution in [0.25, 0.3) is 0 Å². The highest BCUT2D eigenvalue weighted by atomic mass is 16.3. The Kier molecular flexibility index (Phi) is 8.26. The summed E-state index contributed by atoms with van der Waals surface area (Å²) in [7, 11) is 4.20. The third-order valence-electron chi connectivity index (χ3n) is 3.52. The van der Waals surface area contributed by atoms with Gasteiger partial charge in [0.15, 0.2) is 0 Å². The van der Waals surface area contributed by atoms with Gasteiger partial charge in [-0.2, -0.15) is 0 Å². The maximum Gasteiger partial charge on any atom is 0.115 e. The van der Waals surface area contributed by atoms with Crippen LogP contribution in [0.15, 0.2) is 66.5 Å². The lowest BCUT2D eigenvalue weighted by Crippen LogP contribution is -2.32. The number of aliphatic hydroxyl groups is 1. The van der Waals surface area contributed by atoms with Crippen molar-refractivity contribution in [2.75, 3.05) is 33.7 Å². The Morgan fingerprint density at radius 1 is 1.14 bits per heavy atom. The molecule has 0 amide bonds. The zero-order valence-corrected chi connectivity index (χ0v) is 14.0. The highest BCUT2D eigenvalue weighted by molar-refractivity contribution is 5.29. The van der Waals surface area contributed by atoms with Crippen LogP contribution in [0.3, 0.4) is 0 Å². The summed E-state index contributed by atoms with van der Waals surface area (Å²) in [6.45, 7) is 9.11. The van der Waals surface area contributed by atoms with Gasteiger partial charge in [-0.3, -0.25) is 0 Å². The molecular weight excluding hydrogens is 272 g/mol. The van der Waals surface area contributed by atoms with Crippen LogP contribution in [0.5, 0.6) is 0 Å². The van der Waals surface area contributed by atoms with Gasteiger partial charge in [-0.15, -0.1) is 0 Å². The quantitative estimate of drug-likeness (QED) is 0.557. The van der Waals surface area contributed by atoms with Gasteiger partial charge < -0.3 is 14.9 Å². The van der Waals surface area contributed by atoms with E-state index in [1.165, 1.54) is 5.56 Å². The number of rotatable bonds is 9. The number of aliphatic hydroxyl groups excluding tert-OH is 1. The fourth-order valence-electron chi connectivity index (χ4n) is 2.23. The minimum Gasteiger partial charge on any atom is -0.508 e. The second-order valence-electron chi connectivity index (χ2n) is 5.56. The topological polar surface area (TPSA) is 26.7 Å². The van der Waals surface area contributed by atoms with Crippen LogP contribution in [0.2, 0.25) is 0 Å². The SMILES string of the molecule is C=C/C=C(CN(C)CCN(C)Cc1ccccc1)\C(O)=C/C. The monoisotopic (exact) mass is 300 g/mol. The van der Waals surface area contributed by atoms with E-state index in [1.807, 2.05) is 19.1 Å². The molecule has 22 heavy (non-hydrogen) atoms. The van der Waals surface area contributed by atoms with E-state index >= 15 is 0 Å². The Balaban J connectivity index is 2.43. The number of allylic oxidation sites excluding steroid dienone is 3. The first-order chi connectivity index (χ1) is 10.6. The second kappa shape index (κ2) is 9.98. The Bertz CT molecular complexity index is 505. The van der Waals surface area contributed by atoms with Gasteiger partial charge in [0.1, 0.15) is 5.76 Å². The van der Waals surface area contributed by atoms with Crippen molar-refractivity contribution in [1.82, 2.24) is 9.80 Å². The molecular formula is C19H28N2O. The Morgan fingerprint density at radius 2 is 1.77 bits per heavy atom. The van der Waals surface area contributed by atoms with Crippen LogP contribution in [0.4, 0.5) is 0 Å². The molecule has 1 rings (SSSR count). The highest BCUT2D eigenvalue weighted by Crippen LogP contribution is 2.09. The maximum atomic E-state index is 9.88. The second-order valence-corrected chi connectivity index (χ2v) is 5.56. The standard InChI is InChI=1S/C19H28N2O/c1-5-10-18(19(22)6-2)16-21(4)14-13-20(3)15-17-11-8-7-9-12-17/h5-12,22H,1,13-16H2,2-4H3/b18-10-,19-6+. The number of hydrogen-bond acceptors (Lipinski definition) is 3. The van der Waals surface area contributed by atoms with Crippen LogP contribution < -0.4 is 0 Å². The summed E-state index contributed by atoms with van der Waals surface area (Å²) in [5.74, 6) is 0.324. The van der Waals surface area contributed by atoms with Crippen LogP contribution in [0.1, 0.15) is 12.5 Å². The molecule has 0 aliphatic carbocycles. The third-order valence-corrected chi connectivity index (χ3v) is 3.52. The summed E-state index contributed by atoms with van der Waals surface area (Å²) in [5, 5.41) is 9.88. The van der Waals surface area contributed by atoms with E-state index in [-0.39, 0.29) is 0 Å². The molecule has 0 saturated carbocycles. The molecule has 120 valence electrons. The lowest BCUT2D eigenvalue weighted by molar-refractivity contribution is 0.259. The molecule has 0 spiro atoms. The highest BCUT2D eigenvalue weighted by Gasteiger charge is 2.07. The molecule has 0 atom stereocenters. The van der Waals surface area contributed by atoms with Crippen LogP contribution >= 0.6 is 0 Å². The number of benzene rings is 1. The van der Waals surface area contributed by atoms with E-state index < -0.39 is 0 Å². The first-order valence-corrected chi connectivity index (χ1v) is 7.65. The molecule has 0 saturated heterocycles. The van der Waals surface area contributed by atoms with Crippen molar-refractivity contribution in [3.05, 3.63) is 72.0 Å². The Hall–Kier alpha value is -1.84. The summed E-state index contributed by atoms with van der Waals surface area (Å²) in [5.41, 5.74) is 2.22. The van der Waals surface area contributed by atoms with Crippen LogP contribution in [-0.2, 0) is 6.54 Å². The van der Waals surface area contributed by atoms with Crippen molar-refractivity contribution in [2.45, 2.75) is 13.5 Å². The summed E-state index contributed by atoms with van der Waals surface area (Å²) >= 11 is 0. The fraction of sp³-hybridized carbons (Fsp3) is 0.368. The van der Waals surface area contributed by atoms with Crippen molar-refractivity contribution in [3.63, 3.8) is 0 Å². The van der Waals surface area contributed by atoms with Crippen LogP contribution in [-0.4, -0.2) is 48.6 Å². The molecule has 1 aromatic carbocycles. The van der Waals surface area contributed by atoms with Gasteiger partial charge in [0.2, 0.25) is 0 Å². The fourth-order valence-corrected chi connectivity index (χ4v) is 2.23. The van der Waals surface area contributed by atoms with Crippen molar-refractivity contribution >= 4 is 0 Å². The lowest BCUT2D eigenvalue weighted by Gasteiger charge is -2.23. The first kappa shape index (κ1) is 18.2. The van der Waals surface area contributed by atoms with Gasteiger partial charge in [-0.25, -0.2) is 0 Å². The van der Waals surface area contributed by atoms with Crippen molar-refractivity contribution < 1.29 is 5.11 Å². The molecule has 0 aromatic heterocycles. The van der Waals surface area contributed by atoms with E-state index in [1.54, 1.807) is 12.2 Å². The van der Waals surface area contributed by atoms with Crippen LogP contribution in [0, 0.1) is 0 Å². The molecule has 0 heterocycles. The maximum absolute atomic E-state index is 9.88.